The molecule has 0 atom stereocenters. The number of aliphatic hydroxyl groups is 1. The van der Waals surface area contributed by atoms with E-state index >= 15 is 0 Å². The largest absolute Gasteiger partial charge is 0.394 e. The molecule has 0 aliphatic carbocycles. The molecule has 4 N–H and O–H groups in total. The first-order chi connectivity index (χ1) is 9.10. The molecular formula is C15H24N2O2. The van der Waals surface area contributed by atoms with Gasteiger partial charge in [-0.25, -0.2) is 0 Å². The van der Waals surface area contributed by atoms with Crippen LogP contribution in [0.2, 0.25) is 0 Å². The van der Waals surface area contributed by atoms with Gasteiger partial charge in [0.2, 0.25) is 5.91 Å². The smallest absolute Gasteiger partial charge is 0.224 e. The van der Waals surface area contributed by atoms with E-state index in [0.717, 1.165) is 11.1 Å². The summed E-state index contributed by atoms with van der Waals surface area (Å²) in [7, 11) is 0. The van der Waals surface area contributed by atoms with Crippen molar-refractivity contribution in [3.63, 3.8) is 0 Å². The quantitative estimate of drug-likeness (QED) is 0.696. The van der Waals surface area contributed by atoms with Crippen LogP contribution >= 0.6 is 0 Å². The molecule has 1 amide bonds. The predicted molar refractivity (Wildman–Crippen MR) is 76.6 cm³/mol. The highest BCUT2D eigenvalue weighted by Gasteiger charge is 2.27. The van der Waals surface area contributed by atoms with Crippen LogP contribution in [0.25, 0.3) is 0 Å². The molecule has 1 aromatic carbocycles. The minimum absolute atomic E-state index is 0.0374. The van der Waals surface area contributed by atoms with Gasteiger partial charge in [0.1, 0.15) is 0 Å². The van der Waals surface area contributed by atoms with E-state index in [2.05, 4.69) is 5.32 Å². The van der Waals surface area contributed by atoms with Crippen LogP contribution < -0.4 is 11.1 Å². The Balaban J connectivity index is 2.74. The Morgan fingerprint density at radius 1 is 1.26 bits per heavy atom. The van der Waals surface area contributed by atoms with E-state index in [9.17, 15) is 9.90 Å². The Morgan fingerprint density at radius 3 is 2.32 bits per heavy atom. The Hall–Kier alpha value is -1.39. The third-order valence-electron chi connectivity index (χ3n) is 3.75. The number of carbonyl (C=O) groups is 1. The first-order valence-corrected chi connectivity index (χ1v) is 6.79. The zero-order valence-electron chi connectivity index (χ0n) is 11.8. The molecule has 0 aliphatic heterocycles. The van der Waals surface area contributed by atoms with E-state index in [0.29, 0.717) is 25.8 Å². The van der Waals surface area contributed by atoms with Crippen LogP contribution in [0.4, 0.5) is 0 Å². The normalized spacial score (nSPS) is 11.4. The van der Waals surface area contributed by atoms with Gasteiger partial charge in [0, 0.05) is 6.54 Å². The van der Waals surface area contributed by atoms with E-state index in [1.807, 2.05) is 38.1 Å². The molecule has 0 aliphatic rings. The second kappa shape index (κ2) is 7.26. The lowest BCUT2D eigenvalue weighted by molar-refractivity contribution is -0.123. The maximum Gasteiger partial charge on any atom is 0.224 e. The molecule has 1 rings (SSSR count). The number of amides is 1. The molecule has 4 heteroatoms. The lowest BCUT2D eigenvalue weighted by atomic mass is 9.93. The van der Waals surface area contributed by atoms with Gasteiger partial charge in [-0.15, -0.1) is 0 Å². The van der Waals surface area contributed by atoms with Gasteiger partial charge in [0.25, 0.3) is 0 Å². The minimum Gasteiger partial charge on any atom is -0.394 e. The summed E-state index contributed by atoms with van der Waals surface area (Å²) in [6, 6.07) is 7.67. The number of rotatable bonds is 7. The van der Waals surface area contributed by atoms with E-state index in [4.69, 9.17) is 5.73 Å². The third kappa shape index (κ3) is 4.04. The number of carbonyl (C=O) groups excluding carboxylic acids is 1. The van der Waals surface area contributed by atoms with E-state index in [1.54, 1.807) is 0 Å². The number of hydrogen-bond acceptors (Lipinski definition) is 3. The van der Waals surface area contributed by atoms with Crippen molar-refractivity contribution in [2.75, 3.05) is 6.61 Å². The Labute approximate surface area is 115 Å². The van der Waals surface area contributed by atoms with Gasteiger partial charge in [0.05, 0.1) is 18.6 Å². The van der Waals surface area contributed by atoms with Crippen LogP contribution in [-0.4, -0.2) is 23.2 Å². The van der Waals surface area contributed by atoms with Crippen molar-refractivity contribution < 1.29 is 9.90 Å². The summed E-state index contributed by atoms with van der Waals surface area (Å²) in [6.07, 6.45) is 1.73. The van der Waals surface area contributed by atoms with Crippen LogP contribution in [0.15, 0.2) is 24.3 Å². The van der Waals surface area contributed by atoms with Gasteiger partial charge >= 0.3 is 0 Å². The molecule has 0 saturated heterocycles. The highest BCUT2D eigenvalue weighted by molar-refractivity contribution is 5.79. The van der Waals surface area contributed by atoms with Crippen LogP contribution in [0.1, 0.15) is 37.8 Å². The van der Waals surface area contributed by atoms with Crippen LogP contribution in [0.3, 0.4) is 0 Å². The Bertz CT molecular complexity index is 406. The molecule has 0 aromatic heterocycles. The second-order valence-corrected chi connectivity index (χ2v) is 4.84. The average molecular weight is 264 g/mol. The third-order valence-corrected chi connectivity index (χ3v) is 3.75. The molecule has 0 bridgehead atoms. The Kier molecular flexibility index (Phi) is 5.99. The van der Waals surface area contributed by atoms with Crippen molar-refractivity contribution in [1.82, 2.24) is 5.32 Å². The summed E-state index contributed by atoms with van der Waals surface area (Å²) in [5.74, 6) is -0.0707. The summed E-state index contributed by atoms with van der Waals surface area (Å²) in [5.41, 5.74) is 7.09. The van der Waals surface area contributed by atoms with Gasteiger partial charge in [0.15, 0.2) is 0 Å². The highest BCUT2D eigenvalue weighted by atomic mass is 16.3. The molecule has 4 nitrogen and oxygen atoms in total. The van der Waals surface area contributed by atoms with Crippen molar-refractivity contribution in [3.05, 3.63) is 35.4 Å². The molecule has 0 saturated carbocycles. The second-order valence-electron chi connectivity index (χ2n) is 4.84. The van der Waals surface area contributed by atoms with Gasteiger partial charge in [-0.3, -0.25) is 4.79 Å². The summed E-state index contributed by atoms with van der Waals surface area (Å²) in [6.45, 7) is 4.32. The zero-order chi connectivity index (χ0) is 14.3. The van der Waals surface area contributed by atoms with Gasteiger partial charge in [-0.2, -0.15) is 0 Å². The molecule has 19 heavy (non-hydrogen) atoms. The zero-order valence-corrected chi connectivity index (χ0v) is 11.8. The molecule has 0 heterocycles. The number of benzene rings is 1. The number of nitrogens with one attached hydrogen (secondary N) is 1. The van der Waals surface area contributed by atoms with Crippen LogP contribution in [0.5, 0.6) is 0 Å². The molecule has 0 radical (unpaired) electrons. The van der Waals surface area contributed by atoms with Crippen LogP contribution in [-0.2, 0) is 17.8 Å². The number of aliphatic hydroxyl groups excluding tert-OH is 1. The first-order valence-electron chi connectivity index (χ1n) is 6.79. The lowest BCUT2D eigenvalue weighted by Gasteiger charge is -2.30. The molecular weight excluding hydrogens is 240 g/mol. The fourth-order valence-corrected chi connectivity index (χ4v) is 2.13. The Morgan fingerprint density at radius 2 is 1.84 bits per heavy atom. The fourth-order valence-electron chi connectivity index (χ4n) is 2.13. The van der Waals surface area contributed by atoms with Crippen molar-refractivity contribution in [2.24, 2.45) is 5.73 Å². The molecule has 0 fully saturated rings. The number of nitrogens with two attached hydrogens (primary N) is 1. The maximum absolute atomic E-state index is 12.1. The lowest BCUT2D eigenvalue weighted by Crippen LogP contribution is -2.51. The van der Waals surface area contributed by atoms with Crippen molar-refractivity contribution in [1.29, 1.82) is 0 Å². The van der Waals surface area contributed by atoms with Crippen molar-refractivity contribution >= 4 is 5.91 Å². The molecule has 106 valence electrons. The van der Waals surface area contributed by atoms with Gasteiger partial charge in [-0.05, 0) is 24.0 Å². The summed E-state index contributed by atoms with van der Waals surface area (Å²) in [5, 5.41) is 12.4. The van der Waals surface area contributed by atoms with Crippen molar-refractivity contribution in [2.45, 2.75) is 45.2 Å². The average Bonchev–Trinajstić information content (AvgIpc) is 2.45. The predicted octanol–water partition coefficient (Wildman–Crippen LogP) is 1.36. The highest BCUT2D eigenvalue weighted by Crippen LogP contribution is 2.15. The minimum atomic E-state index is -0.505. The monoisotopic (exact) mass is 264 g/mol. The standard InChI is InChI=1S/C15H24N2O2/c1-3-15(4-2,11-18)17-14(19)9-12-7-5-6-8-13(12)10-16/h5-8,18H,3-4,9-11,16H2,1-2H3,(H,17,19). The number of hydrogen-bond donors (Lipinski definition) is 3. The molecule has 0 unspecified atom stereocenters. The molecule has 1 aromatic rings. The van der Waals surface area contributed by atoms with Crippen molar-refractivity contribution in [3.8, 4) is 0 Å². The van der Waals surface area contributed by atoms with E-state index in [1.165, 1.54) is 0 Å². The summed E-state index contributed by atoms with van der Waals surface area (Å²) in [4.78, 5) is 12.1. The van der Waals surface area contributed by atoms with Gasteiger partial charge in [-0.1, -0.05) is 38.1 Å². The fraction of sp³-hybridized carbons (Fsp3) is 0.533. The topological polar surface area (TPSA) is 75.3 Å². The maximum atomic E-state index is 12.1. The summed E-state index contributed by atoms with van der Waals surface area (Å²) >= 11 is 0. The van der Waals surface area contributed by atoms with E-state index < -0.39 is 5.54 Å². The van der Waals surface area contributed by atoms with Crippen LogP contribution in [0, 0.1) is 0 Å². The SMILES string of the molecule is CCC(CC)(CO)NC(=O)Cc1ccccc1CN. The van der Waals surface area contributed by atoms with E-state index in [-0.39, 0.29) is 12.5 Å². The first kappa shape index (κ1) is 15.7. The molecule has 0 spiro atoms. The van der Waals surface area contributed by atoms with Gasteiger partial charge < -0.3 is 16.2 Å². The summed E-state index contributed by atoms with van der Waals surface area (Å²) < 4.78 is 0.